The van der Waals surface area contributed by atoms with Gasteiger partial charge in [0, 0.05) is 6.54 Å². The third kappa shape index (κ3) is 5.82. The van der Waals surface area contributed by atoms with E-state index in [2.05, 4.69) is 36.8 Å². The van der Waals surface area contributed by atoms with Crippen LogP contribution in [0.2, 0.25) is 0 Å². The van der Waals surface area contributed by atoms with E-state index in [-0.39, 0.29) is 12.1 Å². The fourth-order valence-electron chi connectivity index (χ4n) is 1.60. The molecule has 0 saturated carbocycles. The van der Waals surface area contributed by atoms with Crippen LogP contribution in [0.5, 0.6) is 0 Å². The Labute approximate surface area is 104 Å². The van der Waals surface area contributed by atoms with Crippen molar-refractivity contribution in [2.75, 3.05) is 6.54 Å². The molecule has 0 aliphatic carbocycles. The zero-order valence-corrected chi connectivity index (χ0v) is 11.0. The molecule has 0 heterocycles. The number of hydrazine groups is 1. The molecule has 3 N–H and O–H groups in total. The summed E-state index contributed by atoms with van der Waals surface area (Å²) in [5.41, 5.74) is 7.61. The van der Waals surface area contributed by atoms with Crippen LogP contribution in [0.25, 0.3) is 0 Å². The molecule has 0 bridgehead atoms. The topological polar surface area (TPSA) is 44.3 Å². The first-order valence-corrected chi connectivity index (χ1v) is 6.30. The van der Waals surface area contributed by atoms with Crippen LogP contribution in [0.1, 0.15) is 26.3 Å². The van der Waals surface area contributed by atoms with Crippen molar-refractivity contribution in [3.63, 3.8) is 0 Å². The highest BCUT2D eigenvalue weighted by Gasteiger charge is 2.14. The van der Waals surface area contributed by atoms with Gasteiger partial charge in [-0.25, -0.2) is 0 Å². The molecule has 0 aliphatic heterocycles. The van der Waals surface area contributed by atoms with E-state index >= 15 is 0 Å². The van der Waals surface area contributed by atoms with Gasteiger partial charge >= 0.3 is 0 Å². The number of aliphatic hydroxyl groups is 1. The Bertz CT molecular complexity index is 298. The summed E-state index contributed by atoms with van der Waals surface area (Å²) >= 11 is 0. The predicted octanol–water partition coefficient (Wildman–Crippen LogP) is 1.73. The van der Waals surface area contributed by atoms with Crippen LogP contribution in [0, 0.1) is 5.92 Å². The molecule has 0 spiro atoms. The molecule has 0 unspecified atom stereocenters. The third-order valence-corrected chi connectivity index (χ3v) is 2.68. The van der Waals surface area contributed by atoms with E-state index in [0.29, 0.717) is 5.92 Å². The molecular weight excluding hydrogens is 212 g/mol. The normalized spacial score (nSPS) is 14.9. The molecule has 3 heteroatoms. The first kappa shape index (κ1) is 14.2. The summed E-state index contributed by atoms with van der Waals surface area (Å²) < 4.78 is 0. The summed E-state index contributed by atoms with van der Waals surface area (Å²) in [6, 6.07) is 10.3. The van der Waals surface area contributed by atoms with E-state index in [0.717, 1.165) is 13.0 Å². The van der Waals surface area contributed by atoms with Gasteiger partial charge in [0.2, 0.25) is 0 Å². The van der Waals surface area contributed by atoms with Gasteiger partial charge in [-0.1, -0.05) is 44.2 Å². The SMILES string of the molecule is CC(C)CNN[C@@H](Cc1ccccc1)[C@H](C)O. The molecule has 1 rings (SSSR count). The highest BCUT2D eigenvalue weighted by Crippen LogP contribution is 2.05. The molecular formula is C14H24N2O. The second-order valence-corrected chi connectivity index (χ2v) is 4.96. The van der Waals surface area contributed by atoms with Gasteiger partial charge < -0.3 is 5.11 Å². The Balaban J connectivity index is 2.44. The second kappa shape index (κ2) is 7.43. The number of hydrogen-bond acceptors (Lipinski definition) is 3. The van der Waals surface area contributed by atoms with Gasteiger partial charge in [0.15, 0.2) is 0 Å². The molecule has 17 heavy (non-hydrogen) atoms. The van der Waals surface area contributed by atoms with Crippen LogP contribution in [0.4, 0.5) is 0 Å². The first-order valence-electron chi connectivity index (χ1n) is 6.30. The molecule has 1 aromatic rings. The minimum atomic E-state index is -0.380. The molecule has 3 nitrogen and oxygen atoms in total. The average molecular weight is 236 g/mol. The molecule has 0 aliphatic rings. The van der Waals surface area contributed by atoms with Crippen molar-refractivity contribution in [1.82, 2.24) is 10.9 Å². The van der Waals surface area contributed by atoms with Gasteiger partial charge in [-0.2, -0.15) is 0 Å². The summed E-state index contributed by atoms with van der Waals surface area (Å²) in [5, 5.41) is 9.74. The van der Waals surface area contributed by atoms with Gasteiger partial charge in [-0.3, -0.25) is 10.9 Å². The van der Waals surface area contributed by atoms with Crippen molar-refractivity contribution in [2.24, 2.45) is 5.92 Å². The Kier molecular flexibility index (Phi) is 6.19. The van der Waals surface area contributed by atoms with Gasteiger partial charge in [0.1, 0.15) is 0 Å². The Hall–Kier alpha value is -0.900. The highest BCUT2D eigenvalue weighted by molar-refractivity contribution is 5.16. The Morgan fingerprint density at radius 3 is 2.29 bits per heavy atom. The van der Waals surface area contributed by atoms with Gasteiger partial charge in [0.25, 0.3) is 0 Å². The smallest absolute Gasteiger partial charge is 0.0681 e. The van der Waals surface area contributed by atoms with Crippen molar-refractivity contribution < 1.29 is 5.11 Å². The van der Waals surface area contributed by atoms with Crippen LogP contribution >= 0.6 is 0 Å². The maximum atomic E-state index is 9.74. The Morgan fingerprint density at radius 2 is 1.76 bits per heavy atom. The maximum Gasteiger partial charge on any atom is 0.0681 e. The monoisotopic (exact) mass is 236 g/mol. The number of hydrogen-bond donors (Lipinski definition) is 3. The van der Waals surface area contributed by atoms with E-state index in [1.54, 1.807) is 0 Å². The molecule has 0 radical (unpaired) electrons. The van der Waals surface area contributed by atoms with Crippen molar-refractivity contribution in [3.05, 3.63) is 35.9 Å². The van der Waals surface area contributed by atoms with E-state index in [9.17, 15) is 5.11 Å². The van der Waals surface area contributed by atoms with Crippen molar-refractivity contribution in [2.45, 2.75) is 39.3 Å². The van der Waals surface area contributed by atoms with Crippen LogP contribution < -0.4 is 10.9 Å². The molecule has 0 amide bonds. The molecule has 0 fully saturated rings. The summed E-state index contributed by atoms with van der Waals surface area (Å²) in [7, 11) is 0. The molecule has 1 aromatic carbocycles. The minimum Gasteiger partial charge on any atom is -0.392 e. The van der Waals surface area contributed by atoms with E-state index in [1.807, 2.05) is 25.1 Å². The number of rotatable bonds is 7. The average Bonchev–Trinajstić information content (AvgIpc) is 2.28. The van der Waals surface area contributed by atoms with E-state index in [1.165, 1.54) is 5.56 Å². The van der Waals surface area contributed by atoms with Crippen LogP contribution in [0.3, 0.4) is 0 Å². The summed E-state index contributed by atoms with van der Waals surface area (Å²) in [5.74, 6) is 0.592. The third-order valence-electron chi connectivity index (χ3n) is 2.68. The maximum absolute atomic E-state index is 9.74. The summed E-state index contributed by atoms with van der Waals surface area (Å²) in [4.78, 5) is 0. The van der Waals surface area contributed by atoms with Gasteiger partial charge in [-0.15, -0.1) is 0 Å². The van der Waals surface area contributed by atoms with Gasteiger partial charge in [0.05, 0.1) is 12.1 Å². The molecule has 0 aromatic heterocycles. The lowest BCUT2D eigenvalue weighted by Gasteiger charge is -2.22. The fraction of sp³-hybridized carbons (Fsp3) is 0.571. The number of benzene rings is 1. The van der Waals surface area contributed by atoms with Crippen LogP contribution in [-0.4, -0.2) is 23.8 Å². The standard InChI is InChI=1S/C14H24N2O/c1-11(2)10-15-16-14(12(3)17)9-13-7-5-4-6-8-13/h4-8,11-12,14-17H,9-10H2,1-3H3/t12-,14-/m0/s1. The lowest BCUT2D eigenvalue weighted by atomic mass is 10.0. The summed E-state index contributed by atoms with van der Waals surface area (Å²) in [6.07, 6.45) is 0.443. The lowest BCUT2D eigenvalue weighted by molar-refractivity contribution is 0.135. The molecule has 2 atom stereocenters. The highest BCUT2D eigenvalue weighted by atomic mass is 16.3. The second-order valence-electron chi connectivity index (χ2n) is 4.96. The fourth-order valence-corrected chi connectivity index (χ4v) is 1.60. The number of nitrogens with one attached hydrogen (secondary N) is 2. The Morgan fingerprint density at radius 1 is 1.12 bits per heavy atom. The first-order chi connectivity index (χ1) is 8.09. The van der Waals surface area contributed by atoms with Gasteiger partial charge in [-0.05, 0) is 24.8 Å². The largest absolute Gasteiger partial charge is 0.392 e. The summed E-state index contributed by atoms with van der Waals surface area (Å²) in [6.45, 7) is 7.03. The zero-order chi connectivity index (χ0) is 12.7. The lowest BCUT2D eigenvalue weighted by Crippen LogP contribution is -2.48. The van der Waals surface area contributed by atoms with E-state index < -0.39 is 0 Å². The molecule has 0 saturated heterocycles. The van der Waals surface area contributed by atoms with Crippen LogP contribution in [0.15, 0.2) is 30.3 Å². The van der Waals surface area contributed by atoms with Crippen molar-refractivity contribution in [1.29, 1.82) is 0 Å². The molecule has 96 valence electrons. The minimum absolute atomic E-state index is 0.0381. The van der Waals surface area contributed by atoms with Crippen molar-refractivity contribution >= 4 is 0 Å². The van der Waals surface area contributed by atoms with Crippen LogP contribution in [-0.2, 0) is 6.42 Å². The zero-order valence-electron chi connectivity index (χ0n) is 11.0. The number of aliphatic hydroxyl groups excluding tert-OH is 1. The predicted molar refractivity (Wildman–Crippen MR) is 71.6 cm³/mol. The quantitative estimate of drug-likeness (QED) is 0.632. The van der Waals surface area contributed by atoms with Crippen molar-refractivity contribution in [3.8, 4) is 0 Å². The van der Waals surface area contributed by atoms with E-state index in [4.69, 9.17) is 0 Å².